The van der Waals surface area contributed by atoms with Gasteiger partial charge in [0.25, 0.3) is 0 Å². The van der Waals surface area contributed by atoms with Gasteiger partial charge in [-0.25, -0.2) is 4.39 Å². The van der Waals surface area contributed by atoms with Crippen molar-refractivity contribution in [2.75, 3.05) is 13.2 Å². The van der Waals surface area contributed by atoms with Gasteiger partial charge in [0, 0.05) is 0 Å². The second-order valence-electron chi connectivity index (χ2n) is 4.55. The zero-order valence-electron chi connectivity index (χ0n) is 11.9. The fourth-order valence-corrected chi connectivity index (χ4v) is 2.24. The molecular weight excluding hydrogens is 253 g/mol. The Labute approximate surface area is 119 Å². The van der Waals surface area contributed by atoms with Crippen molar-refractivity contribution in [1.82, 2.24) is 5.32 Å². The van der Waals surface area contributed by atoms with Crippen LogP contribution in [0.5, 0.6) is 5.75 Å². The molecule has 0 bridgehead atoms. The average molecular weight is 273 g/mol. The van der Waals surface area contributed by atoms with Gasteiger partial charge in [0.15, 0.2) is 0 Å². The van der Waals surface area contributed by atoms with Crippen LogP contribution >= 0.6 is 0 Å². The number of benzene rings is 2. The minimum absolute atomic E-state index is 0.00798. The predicted molar refractivity (Wildman–Crippen MR) is 79.5 cm³/mol. The van der Waals surface area contributed by atoms with Gasteiger partial charge < -0.3 is 10.1 Å². The second-order valence-corrected chi connectivity index (χ2v) is 4.55. The Bertz CT molecular complexity index is 539. The van der Waals surface area contributed by atoms with E-state index in [1.54, 1.807) is 12.1 Å². The molecule has 0 aromatic heterocycles. The number of rotatable bonds is 6. The molecule has 0 spiro atoms. The van der Waals surface area contributed by atoms with Gasteiger partial charge in [0.05, 0.1) is 12.6 Å². The Morgan fingerprint density at radius 2 is 1.80 bits per heavy atom. The number of halogens is 1. The van der Waals surface area contributed by atoms with Gasteiger partial charge in [-0.05, 0) is 48.9 Å². The molecule has 20 heavy (non-hydrogen) atoms. The quantitative estimate of drug-likeness (QED) is 0.861. The van der Waals surface area contributed by atoms with Crippen LogP contribution in [0, 0.1) is 5.82 Å². The largest absolute Gasteiger partial charge is 0.494 e. The van der Waals surface area contributed by atoms with E-state index in [0.29, 0.717) is 6.61 Å². The van der Waals surface area contributed by atoms with Gasteiger partial charge in [-0.2, -0.15) is 0 Å². The van der Waals surface area contributed by atoms with Gasteiger partial charge in [-0.3, -0.25) is 0 Å². The maximum absolute atomic E-state index is 13.4. The fourth-order valence-electron chi connectivity index (χ4n) is 2.24. The summed E-state index contributed by atoms with van der Waals surface area (Å²) in [6.45, 7) is 5.47. The molecule has 1 atom stereocenters. The van der Waals surface area contributed by atoms with Crippen molar-refractivity contribution in [2.24, 2.45) is 0 Å². The monoisotopic (exact) mass is 273 g/mol. The van der Waals surface area contributed by atoms with E-state index in [-0.39, 0.29) is 11.9 Å². The van der Waals surface area contributed by atoms with E-state index in [2.05, 4.69) is 5.32 Å². The second kappa shape index (κ2) is 7.06. The highest BCUT2D eigenvalue weighted by Crippen LogP contribution is 2.24. The summed E-state index contributed by atoms with van der Waals surface area (Å²) < 4.78 is 18.8. The summed E-state index contributed by atoms with van der Waals surface area (Å²) in [6.07, 6.45) is 0. The van der Waals surface area contributed by atoms with Crippen LogP contribution in [0.15, 0.2) is 48.5 Å². The van der Waals surface area contributed by atoms with E-state index in [1.807, 2.05) is 44.2 Å². The maximum atomic E-state index is 13.4. The van der Waals surface area contributed by atoms with Crippen molar-refractivity contribution in [3.8, 4) is 5.75 Å². The van der Waals surface area contributed by atoms with Crippen LogP contribution in [0.4, 0.5) is 4.39 Å². The van der Waals surface area contributed by atoms with Crippen molar-refractivity contribution < 1.29 is 9.13 Å². The van der Waals surface area contributed by atoms with Crippen molar-refractivity contribution >= 4 is 0 Å². The molecule has 0 radical (unpaired) electrons. The van der Waals surface area contributed by atoms with Crippen LogP contribution in [0.25, 0.3) is 0 Å². The molecule has 0 heterocycles. The van der Waals surface area contributed by atoms with E-state index in [9.17, 15) is 4.39 Å². The number of ether oxygens (including phenoxy) is 1. The summed E-state index contributed by atoms with van der Waals surface area (Å²) in [7, 11) is 0. The topological polar surface area (TPSA) is 21.3 Å². The molecule has 3 heteroatoms. The van der Waals surface area contributed by atoms with Crippen molar-refractivity contribution in [1.29, 1.82) is 0 Å². The molecule has 1 N–H and O–H groups in total. The average Bonchev–Trinajstić information content (AvgIpc) is 2.46. The lowest BCUT2D eigenvalue weighted by molar-refractivity contribution is 0.340. The van der Waals surface area contributed by atoms with Gasteiger partial charge in [-0.1, -0.05) is 31.2 Å². The van der Waals surface area contributed by atoms with E-state index < -0.39 is 0 Å². The fraction of sp³-hybridized carbons (Fsp3) is 0.294. The minimum atomic E-state index is -0.212. The molecule has 0 saturated carbocycles. The molecule has 0 aliphatic carbocycles. The molecular formula is C17H20FNO. The number of nitrogens with one attached hydrogen (secondary N) is 1. The Morgan fingerprint density at radius 1 is 1.05 bits per heavy atom. The van der Waals surface area contributed by atoms with Crippen molar-refractivity contribution in [3.63, 3.8) is 0 Å². The summed E-state index contributed by atoms with van der Waals surface area (Å²) in [5.41, 5.74) is 2.02. The van der Waals surface area contributed by atoms with Gasteiger partial charge in [-0.15, -0.1) is 0 Å². The Hall–Kier alpha value is -1.87. The molecule has 2 aromatic rings. The lowest BCUT2D eigenvalue weighted by Gasteiger charge is -2.19. The molecule has 1 unspecified atom stereocenters. The molecule has 0 aliphatic rings. The number of hydrogen-bond donors (Lipinski definition) is 1. The van der Waals surface area contributed by atoms with Gasteiger partial charge in [0.1, 0.15) is 11.6 Å². The van der Waals surface area contributed by atoms with E-state index in [4.69, 9.17) is 4.74 Å². The summed E-state index contributed by atoms with van der Waals surface area (Å²) >= 11 is 0. The predicted octanol–water partition coefficient (Wildman–Crippen LogP) is 3.92. The zero-order chi connectivity index (χ0) is 14.4. The molecule has 106 valence electrons. The third-order valence-corrected chi connectivity index (χ3v) is 3.11. The first-order valence-electron chi connectivity index (χ1n) is 6.96. The highest BCUT2D eigenvalue weighted by atomic mass is 19.1. The van der Waals surface area contributed by atoms with E-state index in [1.165, 1.54) is 6.07 Å². The van der Waals surface area contributed by atoms with Crippen LogP contribution in [-0.4, -0.2) is 13.2 Å². The van der Waals surface area contributed by atoms with E-state index in [0.717, 1.165) is 23.4 Å². The molecule has 0 amide bonds. The van der Waals surface area contributed by atoms with Crippen LogP contribution < -0.4 is 10.1 Å². The third kappa shape index (κ3) is 3.58. The highest BCUT2D eigenvalue weighted by molar-refractivity contribution is 5.35. The maximum Gasteiger partial charge on any atom is 0.123 e. The standard InChI is InChI=1S/C17H20FNO/c1-3-19-17(14-6-5-7-15(18)12-14)13-8-10-16(11-9-13)20-4-2/h5-12,17,19H,3-4H2,1-2H3. The molecule has 2 rings (SSSR count). The molecule has 2 nitrogen and oxygen atoms in total. The molecule has 2 aromatic carbocycles. The van der Waals surface area contributed by atoms with Crippen LogP contribution in [0.3, 0.4) is 0 Å². The first-order valence-corrected chi connectivity index (χ1v) is 6.96. The Balaban J connectivity index is 2.28. The summed E-state index contributed by atoms with van der Waals surface area (Å²) in [5, 5.41) is 3.39. The van der Waals surface area contributed by atoms with Crippen molar-refractivity contribution in [3.05, 3.63) is 65.5 Å². The molecule has 0 aliphatic heterocycles. The van der Waals surface area contributed by atoms with Gasteiger partial charge >= 0.3 is 0 Å². The zero-order valence-corrected chi connectivity index (χ0v) is 11.9. The number of hydrogen-bond acceptors (Lipinski definition) is 2. The smallest absolute Gasteiger partial charge is 0.123 e. The first-order chi connectivity index (χ1) is 9.74. The summed E-state index contributed by atoms with van der Waals surface area (Å²) in [5.74, 6) is 0.641. The normalized spacial score (nSPS) is 12.2. The molecule has 0 saturated heterocycles. The van der Waals surface area contributed by atoms with Crippen LogP contribution in [0.1, 0.15) is 31.0 Å². The minimum Gasteiger partial charge on any atom is -0.494 e. The summed E-state index contributed by atoms with van der Waals surface area (Å²) in [4.78, 5) is 0. The lowest BCUT2D eigenvalue weighted by atomic mass is 9.98. The SMILES string of the molecule is CCNC(c1ccc(OCC)cc1)c1cccc(F)c1. The van der Waals surface area contributed by atoms with Crippen LogP contribution in [0.2, 0.25) is 0 Å². The summed E-state index contributed by atoms with van der Waals surface area (Å²) in [6, 6.07) is 14.6. The van der Waals surface area contributed by atoms with Crippen molar-refractivity contribution in [2.45, 2.75) is 19.9 Å². The lowest BCUT2D eigenvalue weighted by Crippen LogP contribution is -2.22. The molecule has 0 fully saturated rings. The first kappa shape index (κ1) is 14.5. The Kier molecular flexibility index (Phi) is 5.13. The van der Waals surface area contributed by atoms with Crippen LogP contribution in [-0.2, 0) is 0 Å². The third-order valence-electron chi connectivity index (χ3n) is 3.11. The van der Waals surface area contributed by atoms with Gasteiger partial charge in [0.2, 0.25) is 0 Å². The highest BCUT2D eigenvalue weighted by Gasteiger charge is 2.13. The Morgan fingerprint density at radius 3 is 2.40 bits per heavy atom. The van der Waals surface area contributed by atoms with E-state index >= 15 is 0 Å².